The number of hydrogen-bond acceptors (Lipinski definition) is 5. The fraction of sp³-hybridized carbons (Fsp3) is 0.364. The molecule has 1 amide bonds. The summed E-state index contributed by atoms with van der Waals surface area (Å²) < 4.78 is 52.3. The van der Waals surface area contributed by atoms with E-state index in [-0.39, 0.29) is 56.3 Å². The summed E-state index contributed by atoms with van der Waals surface area (Å²) >= 11 is 5.56. The standard InChI is InChI=1S/C11H13Br2NO6S2.K/c1-8-2-4-9(5-3-8)22(19,20)11(12,13)10(15)14-6-7-21(16,17)18;/h2-5H,6-7H2,1H3,(H2,14,15,16,17,18);/q;+1/p-1. The maximum atomic E-state index is 12.4. The van der Waals surface area contributed by atoms with Gasteiger partial charge in [-0.3, -0.25) is 4.55 Å². The number of aryl methyl sites for hydroxylation is 1. The van der Waals surface area contributed by atoms with Gasteiger partial charge in [0.15, 0.2) is 0 Å². The summed E-state index contributed by atoms with van der Waals surface area (Å²) in [5.74, 6) is -1.91. The van der Waals surface area contributed by atoms with Crippen LogP contribution in [0.3, 0.4) is 0 Å². The molecule has 1 N–H and O–H groups in total. The van der Waals surface area contributed by atoms with Crippen molar-refractivity contribution < 1.29 is 77.6 Å². The minimum Gasteiger partial charge on any atom is -0.650 e. The molecule has 0 aliphatic rings. The van der Waals surface area contributed by atoms with Gasteiger partial charge in [0.1, 0.15) is 0 Å². The fourth-order valence-electron chi connectivity index (χ4n) is 1.33. The molecule has 0 bridgehead atoms. The van der Waals surface area contributed by atoms with Crippen LogP contribution in [-0.2, 0) is 24.7 Å². The van der Waals surface area contributed by atoms with Crippen molar-refractivity contribution >= 4 is 57.7 Å². The molecule has 7 nitrogen and oxygen atoms in total. The molecule has 1 rings (SSSR count). The second-order valence-corrected chi connectivity index (χ2v) is 12.5. The van der Waals surface area contributed by atoms with Gasteiger partial charge in [-0.2, -0.15) is 8.42 Å². The molecule has 0 saturated heterocycles. The van der Waals surface area contributed by atoms with Crippen molar-refractivity contribution in [2.75, 3.05) is 12.3 Å². The number of halogens is 2. The van der Waals surface area contributed by atoms with Crippen LogP contribution in [-0.4, -0.2) is 42.2 Å². The van der Waals surface area contributed by atoms with E-state index >= 15 is 0 Å². The summed E-state index contributed by atoms with van der Waals surface area (Å²) in [6.45, 7) is 1.22. The van der Waals surface area contributed by atoms with Crippen molar-refractivity contribution in [3.63, 3.8) is 0 Å². The molecule has 0 spiro atoms. The topological polar surface area (TPSA) is 120 Å². The van der Waals surface area contributed by atoms with Crippen LogP contribution in [0.5, 0.6) is 0 Å². The minimum atomic E-state index is -4.28. The molecule has 0 unspecified atom stereocenters. The van der Waals surface area contributed by atoms with Crippen LogP contribution in [0.4, 0.5) is 0 Å². The Bertz CT molecular complexity index is 762. The van der Waals surface area contributed by atoms with Crippen molar-refractivity contribution in [3.05, 3.63) is 35.1 Å². The third-order valence-electron chi connectivity index (χ3n) is 2.52. The van der Waals surface area contributed by atoms with Crippen LogP contribution in [0.1, 0.15) is 5.56 Å². The Morgan fingerprint density at radius 3 is 2.09 bits per heavy atom. The SMILES string of the molecule is Cc1ccc(S(=O)(=O)C(Br)(Br)C(=O)[N-]CCS(=O)(=O)O)cc1.[K+]. The molecule has 0 atom stereocenters. The third kappa shape index (κ3) is 6.75. The zero-order valence-electron chi connectivity index (χ0n) is 12.2. The molecule has 23 heavy (non-hydrogen) atoms. The molecular formula is C11H12Br2KNO6S2. The summed E-state index contributed by atoms with van der Waals surface area (Å²) in [6, 6.07) is 5.83. The molecule has 0 radical (unpaired) electrons. The van der Waals surface area contributed by atoms with Gasteiger partial charge in [0, 0.05) is 0 Å². The molecule has 0 fully saturated rings. The number of amides is 1. The second kappa shape index (κ2) is 9.19. The van der Waals surface area contributed by atoms with Crippen LogP contribution < -0.4 is 51.4 Å². The molecule has 1 aromatic carbocycles. The summed E-state index contributed by atoms with van der Waals surface area (Å²) in [5, 5.41) is 3.34. The Balaban J connectivity index is 0.00000484. The zero-order valence-corrected chi connectivity index (χ0v) is 20.2. The molecule has 12 heteroatoms. The number of carbonyl (C=O) groups is 1. The molecule has 0 aliphatic carbocycles. The summed E-state index contributed by atoms with van der Waals surface area (Å²) in [6.07, 6.45) is 0. The maximum absolute atomic E-state index is 12.4. The predicted molar refractivity (Wildman–Crippen MR) is 88.6 cm³/mol. The first kappa shape index (κ1) is 24.1. The van der Waals surface area contributed by atoms with E-state index in [1.807, 2.05) is 0 Å². The Labute approximate surface area is 194 Å². The molecule has 124 valence electrons. The Morgan fingerprint density at radius 2 is 1.65 bits per heavy atom. The average molecular weight is 517 g/mol. The van der Waals surface area contributed by atoms with Crippen molar-refractivity contribution in [3.8, 4) is 0 Å². The van der Waals surface area contributed by atoms with E-state index in [0.717, 1.165) is 5.56 Å². The molecule has 0 aliphatic heterocycles. The van der Waals surface area contributed by atoms with Crippen LogP contribution in [0.2, 0.25) is 0 Å². The van der Waals surface area contributed by atoms with Crippen molar-refractivity contribution in [2.24, 2.45) is 0 Å². The summed E-state index contributed by atoms with van der Waals surface area (Å²) in [5.41, 5.74) is 0.845. The van der Waals surface area contributed by atoms with Crippen LogP contribution in [0, 0.1) is 6.92 Å². The maximum Gasteiger partial charge on any atom is 1.00 e. The molecule has 0 heterocycles. The number of hydrogen-bond donors (Lipinski definition) is 1. The van der Waals surface area contributed by atoms with E-state index in [2.05, 4.69) is 37.2 Å². The second-order valence-electron chi connectivity index (χ2n) is 4.31. The van der Waals surface area contributed by atoms with E-state index in [1.165, 1.54) is 12.1 Å². The van der Waals surface area contributed by atoms with Gasteiger partial charge in [-0.15, -0.1) is 6.54 Å². The first-order valence-corrected chi connectivity index (χ1v) is 10.4. The van der Waals surface area contributed by atoms with Gasteiger partial charge in [0.05, 0.1) is 16.6 Å². The van der Waals surface area contributed by atoms with E-state index in [4.69, 9.17) is 4.55 Å². The van der Waals surface area contributed by atoms with E-state index in [9.17, 15) is 21.6 Å². The third-order valence-corrected chi connectivity index (χ3v) is 8.20. The molecule has 0 saturated carbocycles. The number of benzene rings is 1. The zero-order chi connectivity index (χ0) is 17.2. The summed E-state index contributed by atoms with van der Waals surface area (Å²) in [4.78, 5) is 11.8. The number of alkyl halides is 2. The number of nitrogens with zero attached hydrogens (tertiary/aromatic N) is 1. The predicted octanol–water partition coefficient (Wildman–Crippen LogP) is -0.996. The van der Waals surface area contributed by atoms with Gasteiger partial charge in [0.2, 0.25) is 12.4 Å². The summed E-state index contributed by atoms with van der Waals surface area (Å²) in [7, 11) is -8.43. The van der Waals surface area contributed by atoms with Crippen molar-refractivity contribution in [2.45, 2.75) is 14.4 Å². The van der Waals surface area contributed by atoms with Gasteiger partial charge < -0.3 is 10.1 Å². The smallest absolute Gasteiger partial charge is 0.650 e. The van der Waals surface area contributed by atoms with Gasteiger partial charge in [-0.25, -0.2) is 8.42 Å². The molecule has 0 aromatic heterocycles. The number of carbonyl (C=O) groups excluding carboxylic acids is 1. The fourth-order valence-corrected chi connectivity index (χ4v) is 4.11. The molecular weight excluding hydrogens is 505 g/mol. The van der Waals surface area contributed by atoms with Crippen LogP contribution >= 0.6 is 31.9 Å². The normalized spacial score (nSPS) is 12.3. The number of sulfone groups is 1. The number of rotatable bonds is 6. The van der Waals surface area contributed by atoms with Gasteiger partial charge in [0.25, 0.3) is 10.1 Å². The van der Waals surface area contributed by atoms with Crippen molar-refractivity contribution in [1.29, 1.82) is 0 Å². The van der Waals surface area contributed by atoms with Crippen molar-refractivity contribution in [1.82, 2.24) is 0 Å². The van der Waals surface area contributed by atoms with Crippen LogP contribution in [0.15, 0.2) is 29.2 Å². The largest absolute Gasteiger partial charge is 1.00 e. The van der Waals surface area contributed by atoms with Gasteiger partial charge >= 0.3 is 51.4 Å². The van der Waals surface area contributed by atoms with E-state index in [0.29, 0.717) is 0 Å². The van der Waals surface area contributed by atoms with Gasteiger partial charge in [-0.05, 0) is 50.9 Å². The monoisotopic (exact) mass is 515 g/mol. The average Bonchev–Trinajstić information content (AvgIpc) is 2.37. The van der Waals surface area contributed by atoms with E-state index < -0.39 is 40.7 Å². The Hall–Kier alpha value is 1.15. The minimum absolute atomic E-state index is 0. The first-order valence-electron chi connectivity index (χ1n) is 5.74. The Morgan fingerprint density at radius 1 is 1.17 bits per heavy atom. The molecule has 1 aromatic rings. The quantitative estimate of drug-likeness (QED) is 0.294. The van der Waals surface area contributed by atoms with E-state index in [1.54, 1.807) is 19.1 Å². The van der Waals surface area contributed by atoms with Crippen LogP contribution in [0.25, 0.3) is 5.32 Å². The Kier molecular flexibility index (Phi) is 9.65. The van der Waals surface area contributed by atoms with Gasteiger partial charge in [-0.1, -0.05) is 17.7 Å². The first-order chi connectivity index (χ1) is 9.88.